The van der Waals surface area contributed by atoms with E-state index in [1.165, 1.54) is 12.1 Å². The van der Waals surface area contributed by atoms with Crippen LogP contribution in [0, 0.1) is 11.7 Å². The summed E-state index contributed by atoms with van der Waals surface area (Å²) in [6, 6.07) is 2.51. The van der Waals surface area contributed by atoms with Crippen LogP contribution in [0.2, 0.25) is 0 Å². The number of nitrogens with zero attached hydrogens (tertiary/aromatic N) is 1. The topological polar surface area (TPSA) is 70.4 Å². The molecule has 0 spiro atoms. The highest BCUT2D eigenvalue weighted by molar-refractivity contribution is 5.71. The van der Waals surface area contributed by atoms with Crippen molar-refractivity contribution in [2.75, 3.05) is 0 Å². The Balaban J connectivity index is 3.16. The lowest BCUT2D eigenvalue weighted by molar-refractivity contribution is -0.154. The fourth-order valence-corrected chi connectivity index (χ4v) is 2.09. The number of hydrogen-bond donors (Lipinski definition) is 2. The van der Waals surface area contributed by atoms with Gasteiger partial charge in [-0.15, -0.1) is 0 Å². The Morgan fingerprint density at radius 1 is 1.50 bits per heavy atom. The van der Waals surface area contributed by atoms with Crippen LogP contribution in [0.15, 0.2) is 18.3 Å². The smallest absolute Gasteiger partial charge is 0.309 e. The second kappa shape index (κ2) is 5.91. The predicted octanol–water partition coefficient (Wildman–Crippen LogP) is 2.32. The third-order valence-electron chi connectivity index (χ3n) is 3.16. The molecule has 0 saturated carbocycles. The lowest BCUT2D eigenvalue weighted by Crippen LogP contribution is -2.40. The summed E-state index contributed by atoms with van der Waals surface area (Å²) in [5.41, 5.74) is -1.36. The van der Waals surface area contributed by atoms with Crippen molar-refractivity contribution in [3.05, 3.63) is 29.8 Å². The second-order valence-corrected chi connectivity index (χ2v) is 4.32. The maximum absolute atomic E-state index is 12.8. The molecule has 5 heteroatoms. The Morgan fingerprint density at radius 2 is 2.17 bits per heavy atom. The summed E-state index contributed by atoms with van der Waals surface area (Å²) in [7, 11) is 0. The van der Waals surface area contributed by atoms with Gasteiger partial charge >= 0.3 is 5.97 Å². The van der Waals surface area contributed by atoms with Gasteiger partial charge in [0, 0.05) is 0 Å². The molecule has 2 N–H and O–H groups in total. The monoisotopic (exact) mass is 255 g/mol. The van der Waals surface area contributed by atoms with Crippen molar-refractivity contribution in [3.63, 3.8) is 0 Å². The molecular formula is C13H18FNO3. The van der Waals surface area contributed by atoms with Gasteiger partial charge in [-0.05, 0) is 25.0 Å². The van der Waals surface area contributed by atoms with E-state index < -0.39 is 23.3 Å². The molecule has 1 aromatic heterocycles. The molecule has 2 atom stereocenters. The van der Waals surface area contributed by atoms with Crippen molar-refractivity contribution < 1.29 is 19.4 Å². The summed E-state index contributed by atoms with van der Waals surface area (Å²) >= 11 is 0. The number of carboxylic acids is 1. The van der Waals surface area contributed by atoms with E-state index >= 15 is 0 Å². The largest absolute Gasteiger partial charge is 0.481 e. The van der Waals surface area contributed by atoms with Crippen molar-refractivity contribution >= 4 is 5.97 Å². The molecule has 1 heterocycles. The van der Waals surface area contributed by atoms with Gasteiger partial charge in [-0.2, -0.15) is 0 Å². The zero-order valence-corrected chi connectivity index (χ0v) is 10.6. The van der Waals surface area contributed by atoms with Gasteiger partial charge in [0.1, 0.15) is 11.4 Å². The zero-order valence-electron chi connectivity index (χ0n) is 10.6. The van der Waals surface area contributed by atoms with Crippen LogP contribution in [0.4, 0.5) is 4.39 Å². The van der Waals surface area contributed by atoms with Crippen LogP contribution < -0.4 is 0 Å². The Morgan fingerprint density at radius 3 is 2.56 bits per heavy atom. The Labute approximate surface area is 105 Å². The number of aliphatic hydroxyl groups is 1. The van der Waals surface area contributed by atoms with Crippen molar-refractivity contribution in [2.24, 2.45) is 5.92 Å². The Bertz CT molecular complexity index is 407. The quantitative estimate of drug-likeness (QED) is 0.818. The summed E-state index contributed by atoms with van der Waals surface area (Å²) in [6.07, 6.45) is 2.18. The van der Waals surface area contributed by atoms with E-state index in [2.05, 4.69) is 4.98 Å². The van der Waals surface area contributed by atoms with E-state index in [0.29, 0.717) is 12.8 Å². The fourth-order valence-electron chi connectivity index (χ4n) is 2.09. The second-order valence-electron chi connectivity index (χ2n) is 4.32. The number of aromatic nitrogens is 1. The molecule has 0 amide bonds. The van der Waals surface area contributed by atoms with Crippen molar-refractivity contribution in [3.8, 4) is 0 Å². The van der Waals surface area contributed by atoms with Crippen LogP contribution in [0.1, 0.15) is 38.8 Å². The first-order chi connectivity index (χ1) is 8.45. The molecule has 100 valence electrons. The van der Waals surface area contributed by atoms with E-state index in [1.807, 2.05) is 6.92 Å². The summed E-state index contributed by atoms with van der Waals surface area (Å²) in [4.78, 5) is 15.1. The summed E-state index contributed by atoms with van der Waals surface area (Å²) in [5.74, 6) is -2.52. The van der Waals surface area contributed by atoms with Gasteiger partial charge in [0.15, 0.2) is 0 Å². The van der Waals surface area contributed by atoms with Gasteiger partial charge in [0.25, 0.3) is 0 Å². The molecule has 2 unspecified atom stereocenters. The van der Waals surface area contributed by atoms with E-state index in [-0.39, 0.29) is 12.1 Å². The highest BCUT2D eigenvalue weighted by atomic mass is 19.1. The van der Waals surface area contributed by atoms with Crippen LogP contribution in [-0.2, 0) is 10.4 Å². The molecule has 0 aromatic carbocycles. The van der Waals surface area contributed by atoms with Crippen molar-refractivity contribution in [1.82, 2.24) is 4.98 Å². The maximum Gasteiger partial charge on any atom is 0.309 e. The summed E-state index contributed by atoms with van der Waals surface area (Å²) in [6.45, 7) is 3.54. The molecule has 18 heavy (non-hydrogen) atoms. The normalized spacial score (nSPS) is 16.0. The number of hydrogen-bond acceptors (Lipinski definition) is 3. The van der Waals surface area contributed by atoms with E-state index in [9.17, 15) is 19.4 Å². The van der Waals surface area contributed by atoms with E-state index in [0.717, 1.165) is 6.20 Å². The van der Waals surface area contributed by atoms with Gasteiger partial charge in [0.2, 0.25) is 0 Å². The van der Waals surface area contributed by atoms with Crippen LogP contribution in [0.5, 0.6) is 0 Å². The Kier molecular flexibility index (Phi) is 4.78. The minimum atomic E-state index is -1.56. The minimum Gasteiger partial charge on any atom is -0.481 e. The van der Waals surface area contributed by atoms with Crippen LogP contribution in [0.3, 0.4) is 0 Å². The third kappa shape index (κ3) is 2.85. The van der Waals surface area contributed by atoms with Gasteiger partial charge in [-0.3, -0.25) is 9.78 Å². The lowest BCUT2D eigenvalue weighted by Gasteiger charge is -2.32. The summed E-state index contributed by atoms with van der Waals surface area (Å²) < 4.78 is 12.8. The number of pyridine rings is 1. The standard InChI is InChI=1S/C13H18FNO3/c1-3-5-10(12(16)17)13(18,4-2)11-7-6-9(14)8-15-11/h6-8,10,18H,3-5H2,1-2H3,(H,16,17). The third-order valence-corrected chi connectivity index (χ3v) is 3.16. The molecule has 0 aliphatic rings. The minimum absolute atomic E-state index is 0.201. The number of halogens is 1. The van der Waals surface area contributed by atoms with Crippen molar-refractivity contribution in [1.29, 1.82) is 0 Å². The van der Waals surface area contributed by atoms with Gasteiger partial charge in [0.05, 0.1) is 17.8 Å². The van der Waals surface area contributed by atoms with E-state index in [1.54, 1.807) is 6.92 Å². The highest BCUT2D eigenvalue weighted by Crippen LogP contribution is 2.35. The maximum atomic E-state index is 12.8. The van der Waals surface area contributed by atoms with Crippen LogP contribution in [-0.4, -0.2) is 21.2 Å². The Hall–Kier alpha value is -1.49. The molecule has 0 radical (unpaired) electrons. The molecule has 4 nitrogen and oxygen atoms in total. The molecule has 0 aliphatic heterocycles. The summed E-state index contributed by atoms with van der Waals surface area (Å²) in [5, 5.41) is 19.8. The molecule has 1 rings (SSSR count). The first-order valence-corrected chi connectivity index (χ1v) is 6.02. The lowest BCUT2D eigenvalue weighted by atomic mass is 9.79. The average molecular weight is 255 g/mol. The number of aliphatic carboxylic acids is 1. The molecular weight excluding hydrogens is 237 g/mol. The van der Waals surface area contributed by atoms with Gasteiger partial charge in [-0.1, -0.05) is 20.3 Å². The van der Waals surface area contributed by atoms with E-state index in [4.69, 9.17) is 0 Å². The fraction of sp³-hybridized carbons (Fsp3) is 0.538. The molecule has 0 bridgehead atoms. The average Bonchev–Trinajstić information content (AvgIpc) is 2.35. The first-order valence-electron chi connectivity index (χ1n) is 6.02. The zero-order chi connectivity index (χ0) is 13.8. The first kappa shape index (κ1) is 14.6. The number of carboxylic acid groups (broad SMARTS) is 1. The molecule has 0 fully saturated rings. The predicted molar refractivity (Wildman–Crippen MR) is 64.4 cm³/mol. The number of carbonyl (C=O) groups is 1. The molecule has 0 saturated heterocycles. The number of rotatable bonds is 6. The van der Waals surface area contributed by atoms with Gasteiger partial charge in [-0.25, -0.2) is 4.39 Å². The van der Waals surface area contributed by atoms with Crippen molar-refractivity contribution in [2.45, 2.75) is 38.7 Å². The SMILES string of the molecule is CCCC(C(=O)O)C(O)(CC)c1ccc(F)cn1. The highest BCUT2D eigenvalue weighted by Gasteiger charge is 2.42. The van der Waals surface area contributed by atoms with Crippen LogP contribution >= 0.6 is 0 Å². The molecule has 0 aliphatic carbocycles. The van der Waals surface area contributed by atoms with Gasteiger partial charge < -0.3 is 10.2 Å². The van der Waals surface area contributed by atoms with Crippen LogP contribution in [0.25, 0.3) is 0 Å². The molecule has 1 aromatic rings.